The van der Waals surface area contributed by atoms with Gasteiger partial charge in [0.05, 0.1) is 13.2 Å². The topological polar surface area (TPSA) is 112 Å². The van der Waals surface area contributed by atoms with Crippen LogP contribution in [0.25, 0.3) is 0 Å². The first kappa shape index (κ1) is 17.6. The average molecular weight is 344 g/mol. The number of esters is 2. The lowest BCUT2D eigenvalue weighted by Gasteiger charge is -2.43. The molecule has 3 rings (SSSR count). The van der Waals surface area contributed by atoms with E-state index in [2.05, 4.69) is 4.74 Å². The van der Waals surface area contributed by atoms with E-state index in [4.69, 9.17) is 14.2 Å². The minimum Gasteiger partial charge on any atom is -0.467 e. The summed E-state index contributed by atoms with van der Waals surface area (Å²) in [5.41, 5.74) is -2.18. The van der Waals surface area contributed by atoms with Crippen molar-refractivity contribution in [2.45, 2.75) is 81.3 Å². The summed E-state index contributed by atoms with van der Waals surface area (Å²) in [5, 5.41) is 21.2. The van der Waals surface area contributed by atoms with Crippen LogP contribution >= 0.6 is 0 Å². The summed E-state index contributed by atoms with van der Waals surface area (Å²) in [5.74, 6) is -2.49. The summed E-state index contributed by atoms with van der Waals surface area (Å²) in [6, 6.07) is 0. The lowest BCUT2D eigenvalue weighted by molar-refractivity contribution is -0.226. The predicted octanol–water partition coefficient (Wildman–Crippen LogP) is 0.0312. The van der Waals surface area contributed by atoms with E-state index in [1.807, 2.05) is 0 Å². The first-order valence-corrected chi connectivity index (χ1v) is 8.33. The molecular formula is C16H24O8. The fraction of sp³-hybridized carbons (Fsp3) is 0.875. The lowest BCUT2D eigenvalue weighted by Crippen LogP contribution is -2.66. The zero-order valence-corrected chi connectivity index (χ0v) is 13.9. The van der Waals surface area contributed by atoms with Crippen molar-refractivity contribution in [3.63, 3.8) is 0 Å². The molecule has 0 unspecified atom stereocenters. The highest BCUT2D eigenvalue weighted by atomic mass is 16.8. The van der Waals surface area contributed by atoms with Crippen LogP contribution in [0, 0.1) is 0 Å². The Morgan fingerprint density at radius 1 is 1.12 bits per heavy atom. The molecule has 0 aromatic heterocycles. The third kappa shape index (κ3) is 2.81. The van der Waals surface area contributed by atoms with Gasteiger partial charge in [-0.25, -0.2) is 4.79 Å². The Bertz CT molecular complexity index is 514. The Balaban J connectivity index is 1.93. The first-order chi connectivity index (χ1) is 11.3. The van der Waals surface area contributed by atoms with Crippen LogP contribution in [0.15, 0.2) is 0 Å². The second-order valence-corrected chi connectivity index (χ2v) is 6.85. The van der Waals surface area contributed by atoms with Crippen molar-refractivity contribution < 1.29 is 38.7 Å². The van der Waals surface area contributed by atoms with Crippen molar-refractivity contribution in [2.24, 2.45) is 0 Å². The molecule has 2 aliphatic carbocycles. The standard InChI is InChI=1S/C16H24O8/c1-9(17)22-13-12-11(10(18)8-16(13,20)14(19)21-2)23-15(24-12)6-4-3-5-7-15/h10-13,18,20H,3-8H2,1-2H3/t10-,11+,12+,13-,16+/m1/s1. The molecule has 8 nitrogen and oxygen atoms in total. The molecule has 24 heavy (non-hydrogen) atoms. The van der Waals surface area contributed by atoms with E-state index in [-0.39, 0.29) is 6.42 Å². The van der Waals surface area contributed by atoms with Gasteiger partial charge in [-0.3, -0.25) is 4.79 Å². The van der Waals surface area contributed by atoms with Crippen LogP contribution in [-0.2, 0) is 28.5 Å². The summed E-state index contributed by atoms with van der Waals surface area (Å²) in [6.07, 6.45) is -0.220. The fourth-order valence-electron chi connectivity index (χ4n) is 4.06. The van der Waals surface area contributed by atoms with Gasteiger partial charge < -0.3 is 29.2 Å². The number of carbonyl (C=O) groups is 2. The molecule has 136 valence electrons. The average Bonchev–Trinajstić information content (AvgIpc) is 2.90. The number of fused-ring (bicyclic) bond motifs is 1. The smallest absolute Gasteiger partial charge is 0.342 e. The minimum absolute atomic E-state index is 0.349. The first-order valence-electron chi connectivity index (χ1n) is 8.33. The number of aliphatic hydroxyl groups is 2. The van der Waals surface area contributed by atoms with E-state index in [0.29, 0.717) is 12.8 Å². The second-order valence-electron chi connectivity index (χ2n) is 6.85. The van der Waals surface area contributed by atoms with Gasteiger partial charge in [0.1, 0.15) is 12.2 Å². The number of rotatable bonds is 2. The van der Waals surface area contributed by atoms with Gasteiger partial charge in [-0.05, 0) is 12.8 Å². The van der Waals surface area contributed by atoms with Gasteiger partial charge in [-0.15, -0.1) is 0 Å². The van der Waals surface area contributed by atoms with Crippen molar-refractivity contribution in [3.8, 4) is 0 Å². The number of aliphatic hydroxyl groups excluding tert-OH is 1. The fourth-order valence-corrected chi connectivity index (χ4v) is 4.06. The second kappa shape index (κ2) is 6.25. The zero-order valence-electron chi connectivity index (χ0n) is 13.9. The molecule has 8 heteroatoms. The SMILES string of the molecule is COC(=O)[C@]1(O)C[C@@H](O)[C@@H]2OC3(CCCCC3)O[C@@H]2[C@H]1OC(C)=O. The summed E-state index contributed by atoms with van der Waals surface area (Å²) < 4.78 is 21.9. The molecular weight excluding hydrogens is 320 g/mol. The monoisotopic (exact) mass is 344 g/mol. The third-order valence-corrected chi connectivity index (χ3v) is 5.14. The normalized spacial score (nSPS) is 40.8. The molecule has 2 N–H and O–H groups in total. The van der Waals surface area contributed by atoms with E-state index >= 15 is 0 Å². The van der Waals surface area contributed by atoms with Gasteiger partial charge in [0, 0.05) is 26.2 Å². The quantitative estimate of drug-likeness (QED) is 0.675. The lowest BCUT2D eigenvalue weighted by atomic mass is 9.77. The highest BCUT2D eigenvalue weighted by molar-refractivity contribution is 5.81. The highest BCUT2D eigenvalue weighted by Crippen LogP contribution is 2.47. The van der Waals surface area contributed by atoms with Crippen molar-refractivity contribution in [1.82, 2.24) is 0 Å². The molecule has 0 amide bonds. The molecule has 1 aliphatic heterocycles. The number of hydrogen-bond acceptors (Lipinski definition) is 8. The van der Waals surface area contributed by atoms with Crippen LogP contribution < -0.4 is 0 Å². The largest absolute Gasteiger partial charge is 0.467 e. The molecule has 1 saturated heterocycles. The van der Waals surface area contributed by atoms with Gasteiger partial charge in [0.2, 0.25) is 5.60 Å². The van der Waals surface area contributed by atoms with Crippen molar-refractivity contribution in [1.29, 1.82) is 0 Å². The maximum absolute atomic E-state index is 12.1. The number of ether oxygens (including phenoxy) is 4. The number of methoxy groups -OCH3 is 1. The van der Waals surface area contributed by atoms with Crippen LogP contribution in [0.2, 0.25) is 0 Å². The molecule has 1 spiro atoms. The molecule has 5 atom stereocenters. The Morgan fingerprint density at radius 2 is 1.75 bits per heavy atom. The van der Waals surface area contributed by atoms with E-state index < -0.39 is 47.7 Å². The zero-order chi connectivity index (χ0) is 17.5. The van der Waals surface area contributed by atoms with E-state index in [9.17, 15) is 19.8 Å². The number of hydrogen-bond donors (Lipinski definition) is 2. The van der Waals surface area contributed by atoms with E-state index in [0.717, 1.165) is 26.4 Å². The van der Waals surface area contributed by atoms with Gasteiger partial charge in [0.15, 0.2) is 11.9 Å². The van der Waals surface area contributed by atoms with Gasteiger partial charge in [0.25, 0.3) is 0 Å². The molecule has 0 aromatic carbocycles. The Morgan fingerprint density at radius 3 is 2.33 bits per heavy atom. The predicted molar refractivity (Wildman–Crippen MR) is 78.7 cm³/mol. The summed E-state index contributed by atoms with van der Waals surface area (Å²) >= 11 is 0. The highest BCUT2D eigenvalue weighted by Gasteiger charge is 2.65. The molecule has 3 aliphatic rings. The molecule has 0 radical (unpaired) electrons. The maximum atomic E-state index is 12.1. The molecule has 0 aromatic rings. The van der Waals surface area contributed by atoms with Crippen LogP contribution in [0.5, 0.6) is 0 Å². The number of carbonyl (C=O) groups excluding carboxylic acids is 2. The van der Waals surface area contributed by atoms with Crippen LogP contribution in [-0.4, -0.2) is 65.1 Å². The summed E-state index contributed by atoms with van der Waals surface area (Å²) in [7, 11) is 1.12. The van der Waals surface area contributed by atoms with Crippen molar-refractivity contribution in [3.05, 3.63) is 0 Å². The van der Waals surface area contributed by atoms with Gasteiger partial charge in [-0.1, -0.05) is 6.42 Å². The van der Waals surface area contributed by atoms with Crippen LogP contribution in [0.3, 0.4) is 0 Å². The molecule has 1 heterocycles. The minimum atomic E-state index is -2.18. The van der Waals surface area contributed by atoms with Gasteiger partial charge >= 0.3 is 11.9 Å². The third-order valence-electron chi connectivity index (χ3n) is 5.14. The Kier molecular flexibility index (Phi) is 4.59. The Labute approximate surface area is 140 Å². The molecule has 2 saturated carbocycles. The summed E-state index contributed by atoms with van der Waals surface area (Å²) in [4.78, 5) is 23.6. The molecule has 0 bridgehead atoms. The van der Waals surface area contributed by atoms with Crippen molar-refractivity contribution in [2.75, 3.05) is 7.11 Å². The Hall–Kier alpha value is -1.22. The van der Waals surface area contributed by atoms with E-state index in [1.165, 1.54) is 6.92 Å². The summed E-state index contributed by atoms with van der Waals surface area (Å²) in [6.45, 7) is 1.18. The maximum Gasteiger partial charge on any atom is 0.342 e. The van der Waals surface area contributed by atoms with Crippen LogP contribution in [0.4, 0.5) is 0 Å². The molecule has 3 fully saturated rings. The van der Waals surface area contributed by atoms with Crippen molar-refractivity contribution >= 4 is 11.9 Å². The van der Waals surface area contributed by atoms with Crippen LogP contribution in [0.1, 0.15) is 45.4 Å². The van der Waals surface area contributed by atoms with E-state index in [1.54, 1.807) is 0 Å². The van der Waals surface area contributed by atoms with Gasteiger partial charge in [-0.2, -0.15) is 0 Å².